The van der Waals surface area contributed by atoms with E-state index in [-0.39, 0.29) is 5.03 Å². The summed E-state index contributed by atoms with van der Waals surface area (Å²) in [5.41, 5.74) is 0. The minimum Gasteiger partial charge on any atom is -0.246 e. The van der Waals surface area contributed by atoms with Gasteiger partial charge in [0.2, 0.25) is 0 Å². The van der Waals surface area contributed by atoms with E-state index in [0.717, 1.165) is 6.26 Å². The third-order valence-electron chi connectivity index (χ3n) is 1.26. The molecule has 0 aliphatic rings. The van der Waals surface area contributed by atoms with Gasteiger partial charge in [-0.1, -0.05) is 9.83 Å². The predicted molar refractivity (Wildman–Crippen MR) is 53.8 cm³/mol. The van der Waals surface area contributed by atoms with Crippen LogP contribution in [0.3, 0.4) is 0 Å². The Kier molecular flexibility index (Phi) is 3.13. The van der Waals surface area contributed by atoms with Crippen molar-refractivity contribution >= 4 is 29.6 Å². The lowest BCUT2D eigenvalue weighted by molar-refractivity contribution is 0.611. The molecule has 0 fully saturated rings. The van der Waals surface area contributed by atoms with Crippen LogP contribution in [0.2, 0.25) is 0 Å². The molecule has 0 saturated heterocycles. The zero-order chi connectivity index (χ0) is 10.8. The van der Waals surface area contributed by atoms with Crippen molar-refractivity contribution in [2.24, 2.45) is 3.77 Å². The van der Waals surface area contributed by atoms with Crippen molar-refractivity contribution < 1.29 is 12.6 Å². The molecular formula is C6H7ClN2O3S2. The fourth-order valence-corrected chi connectivity index (χ4v) is 4.00. The molecule has 1 rings (SSSR count). The minimum atomic E-state index is -4.15. The van der Waals surface area contributed by atoms with Gasteiger partial charge in [0.1, 0.15) is 14.8 Å². The molecule has 0 bridgehead atoms. The lowest BCUT2D eigenvalue weighted by Gasteiger charge is -1.99. The van der Waals surface area contributed by atoms with Gasteiger partial charge >= 0.3 is 9.24 Å². The van der Waals surface area contributed by atoms with E-state index < -0.39 is 19.0 Å². The van der Waals surface area contributed by atoms with Gasteiger partial charge in [-0.25, -0.2) is 9.19 Å². The zero-order valence-electron chi connectivity index (χ0n) is 7.12. The van der Waals surface area contributed by atoms with E-state index in [4.69, 9.17) is 10.7 Å². The van der Waals surface area contributed by atoms with Crippen LogP contribution in [-0.2, 0) is 19.0 Å². The summed E-state index contributed by atoms with van der Waals surface area (Å²) in [6.45, 7) is 0. The van der Waals surface area contributed by atoms with Crippen LogP contribution in [0.15, 0.2) is 33.2 Å². The molecule has 1 aromatic rings. The highest BCUT2D eigenvalue weighted by atomic mass is 35.7. The van der Waals surface area contributed by atoms with Gasteiger partial charge in [0.05, 0.1) is 0 Å². The Morgan fingerprint density at radius 1 is 1.36 bits per heavy atom. The van der Waals surface area contributed by atoms with Gasteiger partial charge in [-0.3, -0.25) is 0 Å². The number of rotatable bonds is 2. The predicted octanol–water partition coefficient (Wildman–Crippen LogP) is 1.02. The molecule has 0 saturated carbocycles. The molecule has 14 heavy (non-hydrogen) atoms. The van der Waals surface area contributed by atoms with Crippen molar-refractivity contribution in [3.05, 3.63) is 24.4 Å². The van der Waals surface area contributed by atoms with Gasteiger partial charge < -0.3 is 0 Å². The molecule has 0 N–H and O–H groups in total. The van der Waals surface area contributed by atoms with Gasteiger partial charge in [-0.2, -0.15) is 8.42 Å². The largest absolute Gasteiger partial charge is 0.347 e. The first-order valence-electron chi connectivity index (χ1n) is 3.40. The van der Waals surface area contributed by atoms with Crippen molar-refractivity contribution in [1.29, 1.82) is 0 Å². The molecule has 1 heterocycles. The minimum absolute atomic E-state index is 0.0872. The summed E-state index contributed by atoms with van der Waals surface area (Å²) in [4.78, 5) is 3.74. The fourth-order valence-electron chi connectivity index (χ4n) is 0.779. The number of hydrogen-bond donors (Lipinski definition) is 0. The van der Waals surface area contributed by atoms with E-state index in [9.17, 15) is 12.6 Å². The van der Waals surface area contributed by atoms with Crippen molar-refractivity contribution in [1.82, 2.24) is 4.98 Å². The molecular weight excluding hydrogens is 248 g/mol. The van der Waals surface area contributed by atoms with Gasteiger partial charge in [0.25, 0.3) is 0 Å². The lowest BCUT2D eigenvalue weighted by Crippen LogP contribution is -2.02. The molecule has 1 aromatic heterocycles. The standard InChI is InChI=1S/C6H7ClN2O3S2/c1-13(10,9-14(7,11)12)6-4-2-3-5-8-6/h2-5H,1H3. The highest BCUT2D eigenvalue weighted by molar-refractivity contribution is 8.17. The van der Waals surface area contributed by atoms with Crippen LogP contribution < -0.4 is 0 Å². The van der Waals surface area contributed by atoms with Gasteiger partial charge in [0.15, 0.2) is 0 Å². The van der Waals surface area contributed by atoms with Crippen LogP contribution >= 0.6 is 10.7 Å². The SMILES string of the molecule is CS(=O)(=NS(=O)(=O)Cl)c1ccccn1. The van der Waals surface area contributed by atoms with E-state index in [1.165, 1.54) is 12.3 Å². The molecule has 0 aromatic carbocycles. The van der Waals surface area contributed by atoms with E-state index in [0.29, 0.717) is 0 Å². The second-order valence-electron chi connectivity index (χ2n) is 2.46. The van der Waals surface area contributed by atoms with E-state index in [1.807, 2.05) is 0 Å². The van der Waals surface area contributed by atoms with Crippen LogP contribution in [0.25, 0.3) is 0 Å². The van der Waals surface area contributed by atoms with E-state index in [1.54, 1.807) is 12.1 Å². The zero-order valence-corrected chi connectivity index (χ0v) is 9.51. The summed E-state index contributed by atoms with van der Waals surface area (Å²) in [7, 11) is -2.36. The normalized spacial score (nSPS) is 15.9. The maximum atomic E-state index is 11.7. The Bertz CT molecular complexity index is 531. The van der Waals surface area contributed by atoms with Crippen LogP contribution in [0.4, 0.5) is 0 Å². The second kappa shape index (κ2) is 3.84. The maximum absolute atomic E-state index is 11.7. The summed E-state index contributed by atoms with van der Waals surface area (Å²) < 4.78 is 35.9. The average Bonchev–Trinajstić information content (AvgIpc) is 2.01. The maximum Gasteiger partial charge on any atom is 0.347 e. The van der Waals surface area contributed by atoms with Crippen molar-refractivity contribution in [2.45, 2.75) is 5.03 Å². The Hall–Kier alpha value is -0.660. The smallest absolute Gasteiger partial charge is 0.246 e. The Balaban J connectivity index is 3.37. The first kappa shape index (κ1) is 11.4. The van der Waals surface area contributed by atoms with Crippen molar-refractivity contribution in [3.8, 4) is 0 Å². The first-order chi connectivity index (χ1) is 6.31. The number of pyridine rings is 1. The Morgan fingerprint density at radius 2 is 2.00 bits per heavy atom. The third kappa shape index (κ3) is 3.24. The average molecular weight is 255 g/mol. The van der Waals surface area contributed by atoms with E-state index in [2.05, 4.69) is 8.75 Å². The highest BCUT2D eigenvalue weighted by Gasteiger charge is 2.12. The third-order valence-corrected chi connectivity index (χ3v) is 4.63. The van der Waals surface area contributed by atoms with Crippen molar-refractivity contribution in [3.63, 3.8) is 0 Å². The lowest BCUT2D eigenvalue weighted by atomic mass is 10.5. The van der Waals surface area contributed by atoms with Crippen LogP contribution in [0.1, 0.15) is 0 Å². The summed E-state index contributed by atoms with van der Waals surface area (Å²) in [6, 6.07) is 4.63. The van der Waals surface area contributed by atoms with Crippen LogP contribution in [0, 0.1) is 0 Å². The van der Waals surface area contributed by atoms with Crippen LogP contribution in [0.5, 0.6) is 0 Å². The molecule has 5 nitrogen and oxygen atoms in total. The molecule has 1 atom stereocenters. The van der Waals surface area contributed by atoms with Gasteiger partial charge in [-0.05, 0) is 12.1 Å². The summed E-state index contributed by atoms with van der Waals surface area (Å²) in [5, 5.41) is 0.0872. The fraction of sp³-hybridized carbons (Fsp3) is 0.167. The molecule has 78 valence electrons. The monoisotopic (exact) mass is 254 g/mol. The summed E-state index contributed by atoms with van der Waals surface area (Å²) >= 11 is 0. The van der Waals surface area contributed by atoms with E-state index >= 15 is 0 Å². The van der Waals surface area contributed by atoms with Gasteiger partial charge in [0, 0.05) is 23.1 Å². The molecule has 0 aliphatic heterocycles. The highest BCUT2D eigenvalue weighted by Crippen LogP contribution is 2.11. The van der Waals surface area contributed by atoms with Gasteiger partial charge in [-0.15, -0.1) is 0 Å². The number of nitrogens with zero attached hydrogens (tertiary/aromatic N) is 2. The quantitative estimate of drug-likeness (QED) is 0.739. The number of hydrogen-bond acceptors (Lipinski definition) is 4. The second-order valence-corrected chi connectivity index (χ2v) is 7.07. The molecule has 0 spiro atoms. The van der Waals surface area contributed by atoms with Crippen molar-refractivity contribution in [2.75, 3.05) is 6.26 Å². The molecule has 0 amide bonds. The number of halogens is 1. The topological polar surface area (TPSA) is 76.5 Å². The molecule has 1 unspecified atom stereocenters. The summed E-state index contributed by atoms with van der Waals surface area (Å²) in [6.07, 6.45) is 2.56. The molecule has 0 aliphatic carbocycles. The number of aromatic nitrogens is 1. The first-order valence-corrected chi connectivity index (χ1v) is 7.59. The Labute approximate surface area is 86.9 Å². The molecule has 0 radical (unpaired) electrons. The molecule has 8 heteroatoms. The Morgan fingerprint density at radius 3 is 2.43 bits per heavy atom. The summed E-state index contributed by atoms with van der Waals surface area (Å²) in [5.74, 6) is 0. The van der Waals surface area contributed by atoms with Crippen LogP contribution in [-0.4, -0.2) is 23.9 Å².